The van der Waals surface area contributed by atoms with E-state index in [-0.39, 0.29) is 12.0 Å². The van der Waals surface area contributed by atoms with Crippen molar-refractivity contribution in [3.05, 3.63) is 59.7 Å². The Hall–Kier alpha value is -1.77. The van der Waals surface area contributed by atoms with Crippen molar-refractivity contribution >= 4 is 0 Å². The van der Waals surface area contributed by atoms with Crippen LogP contribution in [0, 0.1) is 6.07 Å². The fourth-order valence-electron chi connectivity index (χ4n) is 1.99. The van der Waals surface area contributed by atoms with Gasteiger partial charge >= 0.3 is 0 Å². The predicted molar refractivity (Wildman–Crippen MR) is 65.4 cm³/mol. The predicted octanol–water partition coefficient (Wildman–Crippen LogP) is 4.60. The molecule has 0 spiro atoms. The number of hydrogen-bond acceptors (Lipinski definition) is 0. The Balaban J connectivity index is 2.61. The van der Waals surface area contributed by atoms with Crippen molar-refractivity contribution < 1.29 is 13.2 Å². The van der Waals surface area contributed by atoms with Crippen molar-refractivity contribution in [3.8, 4) is 11.1 Å². The molecule has 1 radical (unpaired) electrons. The van der Waals surface area contributed by atoms with Crippen LogP contribution in [0.1, 0.15) is 17.6 Å². The van der Waals surface area contributed by atoms with Crippen molar-refractivity contribution in [1.82, 2.24) is 0 Å². The molecule has 0 nitrogen and oxygen atoms in total. The van der Waals surface area contributed by atoms with Crippen molar-refractivity contribution in [2.45, 2.75) is 12.8 Å². The topological polar surface area (TPSA) is 0 Å². The molecule has 0 heterocycles. The maximum Gasteiger partial charge on any atom is 0.265 e. The fourth-order valence-corrected chi connectivity index (χ4v) is 1.99. The molecule has 3 heteroatoms. The van der Waals surface area contributed by atoms with Gasteiger partial charge < -0.3 is 0 Å². The smallest absolute Gasteiger partial charge is 0.251 e. The van der Waals surface area contributed by atoms with E-state index in [0.717, 1.165) is 0 Å². The number of benzene rings is 2. The molecule has 0 saturated heterocycles. The van der Waals surface area contributed by atoms with E-state index in [2.05, 4.69) is 6.07 Å². The first-order valence-corrected chi connectivity index (χ1v) is 5.67. The first kappa shape index (κ1) is 12.7. The van der Waals surface area contributed by atoms with Crippen LogP contribution in [0.2, 0.25) is 0 Å². The van der Waals surface area contributed by atoms with Gasteiger partial charge in [-0.3, -0.25) is 4.39 Å². The lowest BCUT2D eigenvalue weighted by molar-refractivity contribution is 0.151. The molecule has 0 aliphatic heterocycles. The average molecular weight is 249 g/mol. The lowest BCUT2D eigenvalue weighted by atomic mass is 9.93. The van der Waals surface area contributed by atoms with Crippen molar-refractivity contribution in [3.63, 3.8) is 0 Å². The second-order valence-corrected chi connectivity index (χ2v) is 3.90. The van der Waals surface area contributed by atoms with E-state index in [0.29, 0.717) is 16.7 Å². The van der Waals surface area contributed by atoms with Gasteiger partial charge in [-0.05, 0) is 22.8 Å². The zero-order valence-corrected chi connectivity index (χ0v) is 9.67. The Morgan fingerprint density at radius 2 is 1.78 bits per heavy atom. The zero-order valence-electron chi connectivity index (χ0n) is 9.67. The number of halogens is 3. The molecule has 18 heavy (non-hydrogen) atoms. The minimum absolute atomic E-state index is 0.138. The summed E-state index contributed by atoms with van der Waals surface area (Å²) in [4.78, 5) is 0. The maximum atomic E-state index is 13.0. The first-order chi connectivity index (χ1) is 8.74. The van der Waals surface area contributed by atoms with Crippen LogP contribution in [0.15, 0.2) is 42.5 Å². The molecule has 0 atom stereocenters. The zero-order chi connectivity index (χ0) is 13.0. The summed E-state index contributed by atoms with van der Waals surface area (Å²) < 4.78 is 38.5. The summed E-state index contributed by atoms with van der Waals surface area (Å²) in [6.45, 7) is -0.563. The molecule has 0 saturated carbocycles. The van der Waals surface area contributed by atoms with E-state index >= 15 is 0 Å². The van der Waals surface area contributed by atoms with Crippen LogP contribution < -0.4 is 0 Å². The Kier molecular flexibility index (Phi) is 4.03. The van der Waals surface area contributed by atoms with Crippen LogP contribution in [0.25, 0.3) is 11.1 Å². The summed E-state index contributed by atoms with van der Waals surface area (Å²) in [6.07, 6.45) is -2.47. The van der Waals surface area contributed by atoms with Gasteiger partial charge in [0.1, 0.15) is 0 Å². The third-order valence-electron chi connectivity index (χ3n) is 2.76. The molecule has 2 aromatic carbocycles. The molecular formula is C15H12F3. The Labute approximate surface area is 104 Å². The number of aryl methyl sites for hydroxylation is 1. The second kappa shape index (κ2) is 5.71. The summed E-state index contributed by atoms with van der Waals surface area (Å²) >= 11 is 0. The van der Waals surface area contributed by atoms with Gasteiger partial charge in [0, 0.05) is 12.0 Å². The SMILES string of the molecule is FCCc1cc[c]c(C(F)F)c1-c1ccccc1. The summed E-state index contributed by atoms with van der Waals surface area (Å²) in [5.74, 6) is 0. The molecule has 0 N–H and O–H groups in total. The highest BCUT2D eigenvalue weighted by atomic mass is 19.3. The van der Waals surface area contributed by atoms with Crippen molar-refractivity contribution in [2.75, 3.05) is 6.67 Å². The average Bonchev–Trinajstić information content (AvgIpc) is 2.40. The van der Waals surface area contributed by atoms with Crippen LogP contribution in [0.3, 0.4) is 0 Å². The maximum absolute atomic E-state index is 13.0. The van der Waals surface area contributed by atoms with E-state index in [4.69, 9.17) is 0 Å². The van der Waals surface area contributed by atoms with Gasteiger partial charge in [0.2, 0.25) is 0 Å². The van der Waals surface area contributed by atoms with E-state index < -0.39 is 13.1 Å². The summed E-state index contributed by atoms with van der Waals surface area (Å²) in [7, 11) is 0. The highest BCUT2D eigenvalue weighted by Crippen LogP contribution is 2.33. The lowest BCUT2D eigenvalue weighted by Crippen LogP contribution is -1.98. The monoisotopic (exact) mass is 249 g/mol. The molecule has 0 unspecified atom stereocenters. The number of hydrogen-bond donors (Lipinski definition) is 0. The molecule has 2 aromatic rings. The highest BCUT2D eigenvalue weighted by Gasteiger charge is 2.17. The Morgan fingerprint density at radius 1 is 1.06 bits per heavy atom. The first-order valence-electron chi connectivity index (χ1n) is 5.67. The van der Waals surface area contributed by atoms with Crippen LogP contribution in [-0.4, -0.2) is 6.67 Å². The molecule has 2 rings (SSSR count). The van der Waals surface area contributed by atoms with Gasteiger partial charge in [0.05, 0.1) is 6.67 Å². The normalized spacial score (nSPS) is 10.9. The van der Waals surface area contributed by atoms with Crippen LogP contribution in [0.5, 0.6) is 0 Å². The summed E-state index contributed by atoms with van der Waals surface area (Å²) in [5.41, 5.74) is 1.52. The van der Waals surface area contributed by atoms with E-state index in [1.807, 2.05) is 6.07 Å². The molecule has 0 fully saturated rings. The van der Waals surface area contributed by atoms with Crippen LogP contribution in [-0.2, 0) is 6.42 Å². The summed E-state index contributed by atoms with van der Waals surface area (Å²) in [6, 6.07) is 14.5. The second-order valence-electron chi connectivity index (χ2n) is 3.90. The minimum Gasteiger partial charge on any atom is -0.251 e. The molecule has 0 aliphatic rings. The molecular weight excluding hydrogens is 237 g/mol. The molecule has 0 bridgehead atoms. The quantitative estimate of drug-likeness (QED) is 0.742. The van der Waals surface area contributed by atoms with Crippen LogP contribution in [0.4, 0.5) is 13.2 Å². The van der Waals surface area contributed by atoms with E-state index in [1.165, 1.54) is 6.07 Å². The van der Waals surface area contributed by atoms with Gasteiger partial charge in [0.15, 0.2) is 0 Å². The number of rotatable bonds is 4. The summed E-state index contributed by atoms with van der Waals surface area (Å²) in [5, 5.41) is 0. The Morgan fingerprint density at radius 3 is 2.39 bits per heavy atom. The minimum atomic E-state index is -2.61. The number of alkyl halides is 3. The molecule has 0 aliphatic carbocycles. The highest BCUT2D eigenvalue weighted by molar-refractivity contribution is 5.71. The van der Waals surface area contributed by atoms with Gasteiger partial charge in [-0.2, -0.15) is 0 Å². The third kappa shape index (κ3) is 2.55. The van der Waals surface area contributed by atoms with Crippen LogP contribution >= 0.6 is 0 Å². The third-order valence-corrected chi connectivity index (χ3v) is 2.76. The fraction of sp³-hybridized carbons (Fsp3) is 0.200. The Bertz CT molecular complexity index is 506. The standard InChI is InChI=1S/C15H12F3/c16-10-9-12-7-4-8-13(15(17)18)14(12)11-5-2-1-3-6-11/h1-7,15H,9-10H2. The van der Waals surface area contributed by atoms with Crippen molar-refractivity contribution in [1.29, 1.82) is 0 Å². The van der Waals surface area contributed by atoms with Gasteiger partial charge in [-0.1, -0.05) is 42.5 Å². The van der Waals surface area contributed by atoms with E-state index in [1.54, 1.807) is 30.3 Å². The lowest BCUT2D eigenvalue weighted by Gasteiger charge is -2.13. The molecule has 0 amide bonds. The largest absolute Gasteiger partial charge is 0.265 e. The van der Waals surface area contributed by atoms with E-state index in [9.17, 15) is 13.2 Å². The molecule has 0 aromatic heterocycles. The van der Waals surface area contributed by atoms with Gasteiger partial charge in [-0.15, -0.1) is 0 Å². The van der Waals surface area contributed by atoms with Crippen molar-refractivity contribution in [2.24, 2.45) is 0 Å². The van der Waals surface area contributed by atoms with Gasteiger partial charge in [0.25, 0.3) is 6.43 Å². The van der Waals surface area contributed by atoms with Gasteiger partial charge in [-0.25, -0.2) is 8.78 Å². The molecule has 93 valence electrons.